The van der Waals surface area contributed by atoms with E-state index in [0.29, 0.717) is 19.3 Å². The summed E-state index contributed by atoms with van der Waals surface area (Å²) in [6.45, 7) is 6.52. The minimum atomic E-state index is -0.790. The highest BCUT2D eigenvalue weighted by Gasteiger charge is 2.19. The number of carbonyl (C=O) groups excluding carboxylic acids is 3. The predicted octanol–water partition coefficient (Wildman–Crippen LogP) is 23.6. The van der Waals surface area contributed by atoms with Crippen LogP contribution in [0.15, 0.2) is 97.2 Å². The standard InChI is InChI=1S/C74H128O6/c1-4-7-10-13-16-19-22-24-26-28-30-32-34-35-36-37-38-39-41-42-44-46-48-50-52-55-58-61-64-67-73(76)79-70-71(69-78-72(75)66-63-60-57-54-21-18-15-12-9-6-3)80-74(77)68-65-62-59-56-53-51-49-47-45-43-40-33-31-29-27-25-23-20-17-14-11-8-5-2/h8,11,17,20,22,24-25,27-28,30-31,33,43,45,49,51,71H,4-7,9-10,12-16,18-19,21,23,26,29,32,34-42,44,46-48,50,52-70H2,1-3H3/b11-8-,20-17-,24-22-,27-25-,30-28-,33-31-,45-43-,51-49-. The molecule has 6 nitrogen and oxygen atoms in total. The van der Waals surface area contributed by atoms with Crippen LogP contribution in [0.1, 0.15) is 335 Å². The first-order valence-electron chi connectivity index (χ1n) is 34.2. The van der Waals surface area contributed by atoms with Gasteiger partial charge >= 0.3 is 17.9 Å². The van der Waals surface area contributed by atoms with E-state index in [1.807, 2.05) is 0 Å². The summed E-state index contributed by atoms with van der Waals surface area (Å²) in [4.78, 5) is 38.3. The van der Waals surface area contributed by atoms with Gasteiger partial charge in [0.15, 0.2) is 6.10 Å². The maximum absolute atomic E-state index is 12.9. The molecule has 0 saturated heterocycles. The minimum absolute atomic E-state index is 0.0849. The third-order valence-corrected chi connectivity index (χ3v) is 14.8. The van der Waals surface area contributed by atoms with E-state index in [-0.39, 0.29) is 31.1 Å². The highest BCUT2D eigenvalue weighted by Crippen LogP contribution is 2.17. The van der Waals surface area contributed by atoms with Gasteiger partial charge in [0.1, 0.15) is 13.2 Å². The van der Waals surface area contributed by atoms with Gasteiger partial charge in [-0.15, -0.1) is 0 Å². The molecule has 0 aromatic heterocycles. The van der Waals surface area contributed by atoms with E-state index in [0.717, 1.165) is 116 Å². The fraction of sp³-hybridized carbons (Fsp3) is 0.743. The molecule has 0 spiro atoms. The Morgan fingerprint density at radius 1 is 0.263 bits per heavy atom. The van der Waals surface area contributed by atoms with Gasteiger partial charge in [0.2, 0.25) is 0 Å². The van der Waals surface area contributed by atoms with Crippen LogP contribution < -0.4 is 0 Å². The summed E-state index contributed by atoms with van der Waals surface area (Å²) in [6.07, 6.45) is 91.5. The van der Waals surface area contributed by atoms with Crippen molar-refractivity contribution in [3.05, 3.63) is 97.2 Å². The summed E-state index contributed by atoms with van der Waals surface area (Å²) in [7, 11) is 0. The Kier molecular flexibility index (Phi) is 64.7. The Hall–Kier alpha value is -3.67. The van der Waals surface area contributed by atoms with Gasteiger partial charge in [-0.25, -0.2) is 0 Å². The molecule has 0 saturated carbocycles. The molecule has 0 bridgehead atoms. The molecule has 0 aliphatic heterocycles. The lowest BCUT2D eigenvalue weighted by Gasteiger charge is -2.18. The molecule has 460 valence electrons. The molecule has 1 unspecified atom stereocenters. The normalized spacial score (nSPS) is 12.7. The van der Waals surface area contributed by atoms with Crippen molar-refractivity contribution in [2.24, 2.45) is 0 Å². The van der Waals surface area contributed by atoms with E-state index in [1.54, 1.807) is 0 Å². The van der Waals surface area contributed by atoms with Gasteiger partial charge in [0.05, 0.1) is 0 Å². The van der Waals surface area contributed by atoms with Crippen LogP contribution in [0.2, 0.25) is 0 Å². The van der Waals surface area contributed by atoms with Crippen LogP contribution in [0.3, 0.4) is 0 Å². The molecule has 0 heterocycles. The Morgan fingerprint density at radius 3 is 0.762 bits per heavy atom. The summed E-state index contributed by atoms with van der Waals surface area (Å²) < 4.78 is 16.9. The fourth-order valence-electron chi connectivity index (χ4n) is 9.71. The molecule has 0 fully saturated rings. The zero-order valence-electron chi connectivity index (χ0n) is 52.8. The van der Waals surface area contributed by atoms with Crippen LogP contribution in [-0.2, 0) is 28.6 Å². The SMILES string of the molecule is CC/C=C\C/C=C\C/C=C\C/C=C\C/C=C\C/C=C\CCCCCCC(=O)OC(COC(=O)CCCCCCCCCCCC)COC(=O)CCCCCCCCCCCCCCCCCCC/C=C\C/C=C\CCCCCCC. The summed E-state index contributed by atoms with van der Waals surface area (Å²) in [6, 6.07) is 0. The highest BCUT2D eigenvalue weighted by molar-refractivity contribution is 5.71. The van der Waals surface area contributed by atoms with Crippen LogP contribution in [0, 0.1) is 0 Å². The smallest absolute Gasteiger partial charge is 0.306 e. The van der Waals surface area contributed by atoms with Crippen molar-refractivity contribution >= 4 is 17.9 Å². The summed E-state index contributed by atoms with van der Waals surface area (Å²) in [5, 5.41) is 0. The molecule has 0 aliphatic rings. The van der Waals surface area contributed by atoms with E-state index in [4.69, 9.17) is 14.2 Å². The molecule has 0 aliphatic carbocycles. The van der Waals surface area contributed by atoms with Crippen molar-refractivity contribution in [3.8, 4) is 0 Å². The van der Waals surface area contributed by atoms with E-state index in [9.17, 15) is 14.4 Å². The largest absolute Gasteiger partial charge is 0.462 e. The van der Waals surface area contributed by atoms with Gasteiger partial charge in [-0.3, -0.25) is 14.4 Å². The van der Waals surface area contributed by atoms with E-state index in [2.05, 4.69) is 118 Å². The third kappa shape index (κ3) is 65.1. The van der Waals surface area contributed by atoms with Crippen LogP contribution in [0.25, 0.3) is 0 Å². The fourth-order valence-corrected chi connectivity index (χ4v) is 9.71. The van der Waals surface area contributed by atoms with Crippen LogP contribution in [0.4, 0.5) is 0 Å². The van der Waals surface area contributed by atoms with Crippen molar-refractivity contribution in [2.45, 2.75) is 341 Å². The number of carbonyl (C=O) groups is 3. The molecule has 0 radical (unpaired) electrons. The summed E-state index contributed by atoms with van der Waals surface area (Å²) >= 11 is 0. The molecule has 0 aromatic carbocycles. The summed E-state index contributed by atoms with van der Waals surface area (Å²) in [5.74, 6) is -0.898. The molecule has 80 heavy (non-hydrogen) atoms. The molecular formula is C74H128O6. The van der Waals surface area contributed by atoms with Gasteiger partial charge in [0.25, 0.3) is 0 Å². The van der Waals surface area contributed by atoms with Gasteiger partial charge in [-0.1, -0.05) is 311 Å². The van der Waals surface area contributed by atoms with Crippen molar-refractivity contribution in [3.63, 3.8) is 0 Å². The molecular weight excluding hydrogens is 985 g/mol. The van der Waals surface area contributed by atoms with E-state index in [1.165, 1.54) is 180 Å². The second-order valence-corrected chi connectivity index (χ2v) is 22.7. The number of allylic oxidation sites excluding steroid dienone is 16. The first-order valence-corrected chi connectivity index (χ1v) is 34.2. The minimum Gasteiger partial charge on any atom is -0.462 e. The van der Waals surface area contributed by atoms with Crippen LogP contribution in [0.5, 0.6) is 0 Å². The zero-order chi connectivity index (χ0) is 57.8. The first kappa shape index (κ1) is 76.3. The topological polar surface area (TPSA) is 78.9 Å². The van der Waals surface area contributed by atoms with Gasteiger partial charge in [-0.05, 0) is 103 Å². The second kappa shape index (κ2) is 67.8. The summed E-state index contributed by atoms with van der Waals surface area (Å²) in [5.41, 5.74) is 0. The average Bonchev–Trinajstić information content (AvgIpc) is 3.46. The number of unbranched alkanes of at least 4 members (excludes halogenated alkanes) is 35. The number of rotatable bonds is 62. The van der Waals surface area contributed by atoms with Crippen molar-refractivity contribution in [1.82, 2.24) is 0 Å². The molecule has 0 amide bonds. The van der Waals surface area contributed by atoms with Gasteiger partial charge in [0, 0.05) is 19.3 Å². The van der Waals surface area contributed by atoms with Gasteiger partial charge < -0.3 is 14.2 Å². The number of esters is 3. The Bertz CT molecular complexity index is 1560. The Balaban J connectivity index is 4.23. The lowest BCUT2D eigenvalue weighted by Crippen LogP contribution is -2.30. The Morgan fingerprint density at radius 2 is 0.487 bits per heavy atom. The van der Waals surface area contributed by atoms with Gasteiger partial charge in [-0.2, -0.15) is 0 Å². The number of ether oxygens (including phenoxy) is 3. The van der Waals surface area contributed by atoms with E-state index >= 15 is 0 Å². The monoisotopic (exact) mass is 1110 g/mol. The van der Waals surface area contributed by atoms with Crippen LogP contribution >= 0.6 is 0 Å². The second-order valence-electron chi connectivity index (χ2n) is 22.7. The quantitative estimate of drug-likeness (QED) is 0.0261. The zero-order valence-corrected chi connectivity index (χ0v) is 52.8. The lowest BCUT2D eigenvalue weighted by molar-refractivity contribution is -0.167. The number of hydrogen-bond donors (Lipinski definition) is 0. The molecule has 6 heteroatoms. The highest BCUT2D eigenvalue weighted by atomic mass is 16.6. The molecule has 0 aromatic rings. The van der Waals surface area contributed by atoms with Crippen molar-refractivity contribution in [2.75, 3.05) is 13.2 Å². The molecule has 0 rings (SSSR count). The number of hydrogen-bond acceptors (Lipinski definition) is 6. The maximum Gasteiger partial charge on any atom is 0.306 e. The van der Waals surface area contributed by atoms with Crippen LogP contribution in [-0.4, -0.2) is 37.2 Å². The third-order valence-electron chi connectivity index (χ3n) is 14.8. The predicted molar refractivity (Wildman–Crippen MR) is 348 cm³/mol. The Labute approximate surface area is 496 Å². The lowest BCUT2D eigenvalue weighted by atomic mass is 10.0. The molecule has 1 atom stereocenters. The van der Waals surface area contributed by atoms with E-state index < -0.39 is 6.10 Å². The maximum atomic E-state index is 12.9. The first-order chi connectivity index (χ1) is 39.5. The average molecular weight is 1110 g/mol. The molecule has 0 N–H and O–H groups in total. The van der Waals surface area contributed by atoms with Crippen molar-refractivity contribution in [1.29, 1.82) is 0 Å². The van der Waals surface area contributed by atoms with Crippen molar-refractivity contribution < 1.29 is 28.6 Å².